The summed E-state index contributed by atoms with van der Waals surface area (Å²) < 4.78 is 39.1. The molecule has 0 amide bonds. The van der Waals surface area contributed by atoms with Crippen molar-refractivity contribution in [2.75, 3.05) is 0 Å². The maximum Gasteiger partial charge on any atom is 0.326 e. The van der Waals surface area contributed by atoms with Crippen LogP contribution in [-0.2, 0) is 27.5 Å². The molecule has 0 spiro atoms. The van der Waals surface area contributed by atoms with Gasteiger partial charge in [-0.2, -0.15) is 8.78 Å². The Morgan fingerprint density at radius 2 is 1.41 bits per heavy atom. The van der Waals surface area contributed by atoms with Gasteiger partial charge < -0.3 is 9.47 Å². The van der Waals surface area contributed by atoms with Crippen LogP contribution in [-0.4, -0.2) is 23.9 Å². The van der Waals surface area contributed by atoms with Gasteiger partial charge in [0.25, 0.3) is 0 Å². The molecule has 0 fully saturated rings. The first-order valence-electron chi connectivity index (χ1n) is 8.47. The van der Waals surface area contributed by atoms with Crippen LogP contribution in [0.15, 0.2) is 86.0 Å². The van der Waals surface area contributed by atoms with E-state index in [1.165, 1.54) is 6.08 Å². The van der Waals surface area contributed by atoms with E-state index in [2.05, 4.69) is 13.2 Å². The van der Waals surface area contributed by atoms with Crippen molar-refractivity contribution < 1.29 is 23.0 Å². The van der Waals surface area contributed by atoms with E-state index in [0.29, 0.717) is 6.08 Å². The molecule has 0 saturated heterocycles. The third kappa shape index (κ3) is 5.94. The molecule has 2 atom stereocenters. The minimum Gasteiger partial charge on any atom is -0.366 e. The molecular weight excluding hydrogens is 350 g/mol. The Bertz CT molecular complexity index is 745. The molecule has 0 aromatic heterocycles. The highest BCUT2D eigenvalue weighted by atomic mass is 19.3. The van der Waals surface area contributed by atoms with E-state index in [1.807, 2.05) is 36.4 Å². The molecule has 0 saturated carbocycles. The summed E-state index contributed by atoms with van der Waals surface area (Å²) in [5.74, 6) is -5.13. The van der Waals surface area contributed by atoms with Gasteiger partial charge in [-0.1, -0.05) is 73.3 Å². The van der Waals surface area contributed by atoms with Gasteiger partial charge in [0, 0.05) is 0 Å². The smallest absolute Gasteiger partial charge is 0.326 e. The lowest BCUT2D eigenvalue weighted by atomic mass is 10.0. The molecule has 3 nitrogen and oxygen atoms in total. The summed E-state index contributed by atoms with van der Waals surface area (Å²) in [4.78, 5) is 12.4. The predicted molar refractivity (Wildman–Crippen MR) is 100 cm³/mol. The van der Waals surface area contributed by atoms with E-state index in [1.54, 1.807) is 24.3 Å². The van der Waals surface area contributed by atoms with Crippen LogP contribution in [0.5, 0.6) is 0 Å². The number of halogens is 2. The largest absolute Gasteiger partial charge is 0.366 e. The molecule has 2 aromatic rings. The number of alkyl halides is 2. The number of hydrogen-bond donors (Lipinski definition) is 0. The molecule has 0 heterocycles. The second kappa shape index (κ2) is 9.90. The highest BCUT2D eigenvalue weighted by Crippen LogP contribution is 2.24. The second-order valence-electron chi connectivity index (χ2n) is 5.91. The normalized spacial score (nSPS) is 13.6. The zero-order valence-corrected chi connectivity index (χ0v) is 14.9. The van der Waals surface area contributed by atoms with Crippen molar-refractivity contribution in [1.29, 1.82) is 0 Å². The monoisotopic (exact) mass is 372 g/mol. The van der Waals surface area contributed by atoms with Crippen molar-refractivity contribution in [3.05, 3.63) is 97.1 Å². The van der Waals surface area contributed by atoms with E-state index in [0.717, 1.165) is 11.1 Å². The van der Waals surface area contributed by atoms with Crippen LogP contribution in [0.2, 0.25) is 0 Å². The average molecular weight is 372 g/mol. The third-order valence-corrected chi connectivity index (χ3v) is 3.93. The van der Waals surface area contributed by atoms with Crippen LogP contribution in [0.3, 0.4) is 0 Å². The van der Waals surface area contributed by atoms with Crippen LogP contribution in [0, 0.1) is 0 Å². The number of hydrogen-bond acceptors (Lipinski definition) is 3. The van der Waals surface area contributed by atoms with Gasteiger partial charge in [-0.15, -0.1) is 6.58 Å². The fourth-order valence-electron chi connectivity index (χ4n) is 2.42. The lowest BCUT2D eigenvalue weighted by molar-refractivity contribution is -0.159. The van der Waals surface area contributed by atoms with E-state index < -0.39 is 23.9 Å². The van der Waals surface area contributed by atoms with Crippen molar-refractivity contribution >= 4 is 5.78 Å². The number of rotatable bonds is 11. The maximum absolute atomic E-state index is 13.9. The van der Waals surface area contributed by atoms with Gasteiger partial charge >= 0.3 is 5.92 Å². The van der Waals surface area contributed by atoms with E-state index in [4.69, 9.17) is 9.47 Å². The standard InChI is InChI=1S/C22H22F2O3/c1-3-19(26-15-17-11-7-5-8-12-17)20(21(25)22(23,24)4-2)27-16-18-13-9-6-10-14-18/h3-14,19-20H,1-2,15-16H2/t19-,20+/m0/s1. The Labute approximate surface area is 157 Å². The zero-order valence-electron chi connectivity index (χ0n) is 14.9. The van der Waals surface area contributed by atoms with Crippen molar-refractivity contribution in [3.8, 4) is 0 Å². The Balaban J connectivity index is 2.15. The first-order chi connectivity index (χ1) is 13.0. The van der Waals surface area contributed by atoms with Crippen LogP contribution in [0.25, 0.3) is 0 Å². The second-order valence-corrected chi connectivity index (χ2v) is 5.91. The number of allylic oxidation sites excluding steroid dienone is 1. The summed E-state index contributed by atoms with van der Waals surface area (Å²) in [5, 5.41) is 0. The number of ether oxygens (including phenoxy) is 2. The number of benzene rings is 2. The minimum atomic E-state index is -3.72. The van der Waals surface area contributed by atoms with Gasteiger partial charge in [0.1, 0.15) is 6.10 Å². The van der Waals surface area contributed by atoms with Gasteiger partial charge in [-0.25, -0.2) is 0 Å². The lowest BCUT2D eigenvalue weighted by Gasteiger charge is -2.26. The van der Waals surface area contributed by atoms with E-state index in [9.17, 15) is 13.6 Å². The van der Waals surface area contributed by atoms with Crippen molar-refractivity contribution in [3.63, 3.8) is 0 Å². The Morgan fingerprint density at radius 3 is 1.85 bits per heavy atom. The van der Waals surface area contributed by atoms with Crippen LogP contribution >= 0.6 is 0 Å². The SMILES string of the molecule is C=C[C@H](OCc1ccccc1)[C@@H](OCc1ccccc1)C(=O)C(F)(F)C=C. The van der Waals surface area contributed by atoms with Crippen LogP contribution < -0.4 is 0 Å². The highest BCUT2D eigenvalue weighted by molar-refractivity contribution is 5.92. The highest BCUT2D eigenvalue weighted by Gasteiger charge is 2.44. The fourth-order valence-corrected chi connectivity index (χ4v) is 2.42. The van der Waals surface area contributed by atoms with Crippen LogP contribution in [0.4, 0.5) is 8.78 Å². The molecule has 0 N–H and O–H groups in total. The zero-order chi connectivity index (χ0) is 19.7. The molecule has 142 valence electrons. The van der Waals surface area contributed by atoms with Crippen LogP contribution in [0.1, 0.15) is 11.1 Å². The van der Waals surface area contributed by atoms with Gasteiger partial charge in [-0.3, -0.25) is 4.79 Å². The molecular formula is C22H22F2O3. The van der Waals surface area contributed by atoms with Gasteiger partial charge in [0.2, 0.25) is 5.78 Å². The van der Waals surface area contributed by atoms with E-state index in [-0.39, 0.29) is 13.2 Å². The third-order valence-electron chi connectivity index (χ3n) is 3.93. The van der Waals surface area contributed by atoms with Crippen molar-refractivity contribution in [2.45, 2.75) is 31.3 Å². The summed E-state index contributed by atoms with van der Waals surface area (Å²) in [6.07, 6.45) is -0.937. The average Bonchev–Trinajstić information content (AvgIpc) is 2.71. The first-order valence-corrected chi connectivity index (χ1v) is 8.47. The molecule has 27 heavy (non-hydrogen) atoms. The molecule has 0 aliphatic carbocycles. The molecule has 0 aliphatic rings. The lowest BCUT2D eigenvalue weighted by Crippen LogP contribution is -2.45. The Kier molecular flexibility index (Phi) is 7.58. The van der Waals surface area contributed by atoms with Crippen molar-refractivity contribution in [1.82, 2.24) is 0 Å². The summed E-state index contributed by atoms with van der Waals surface area (Å²) in [6.45, 7) is 6.78. The summed E-state index contributed by atoms with van der Waals surface area (Å²) in [5.41, 5.74) is 1.59. The summed E-state index contributed by atoms with van der Waals surface area (Å²) in [7, 11) is 0. The van der Waals surface area contributed by atoms with Gasteiger partial charge in [-0.05, 0) is 17.2 Å². The Morgan fingerprint density at radius 1 is 0.926 bits per heavy atom. The number of Topliss-reactive ketones (excluding diaryl/α,β-unsaturated/α-hetero) is 1. The maximum atomic E-state index is 13.9. The van der Waals surface area contributed by atoms with Gasteiger partial charge in [0.05, 0.1) is 13.2 Å². The van der Waals surface area contributed by atoms with Crippen molar-refractivity contribution in [2.24, 2.45) is 0 Å². The number of carbonyl (C=O) groups excluding carboxylic acids is 1. The Hall–Kier alpha value is -2.63. The van der Waals surface area contributed by atoms with Gasteiger partial charge in [0.15, 0.2) is 6.10 Å². The molecule has 2 rings (SSSR count). The molecule has 2 aromatic carbocycles. The van der Waals surface area contributed by atoms with E-state index >= 15 is 0 Å². The molecule has 0 bridgehead atoms. The summed E-state index contributed by atoms with van der Waals surface area (Å²) in [6, 6.07) is 18.2. The molecule has 0 radical (unpaired) electrons. The number of ketones is 1. The quantitative estimate of drug-likeness (QED) is 0.535. The minimum absolute atomic E-state index is 0.0104. The number of carbonyl (C=O) groups is 1. The predicted octanol–water partition coefficient (Wildman–Crippen LogP) is 4.73. The fraction of sp³-hybridized carbons (Fsp3) is 0.227. The first kappa shape index (κ1) is 20.7. The molecule has 0 unspecified atom stereocenters. The summed E-state index contributed by atoms with van der Waals surface area (Å²) >= 11 is 0. The molecule has 0 aliphatic heterocycles. The topological polar surface area (TPSA) is 35.5 Å². The molecule has 5 heteroatoms.